The molecule has 1 aliphatic rings. The number of hydrogen-bond acceptors (Lipinski definition) is 7. The summed E-state index contributed by atoms with van der Waals surface area (Å²) < 4.78 is 7.34. The highest BCUT2D eigenvalue weighted by atomic mass is 32.1. The quantitative estimate of drug-likeness (QED) is 0.771. The largest absolute Gasteiger partial charge is 0.338 e. The number of nitrogens with one attached hydrogen (secondary N) is 1. The van der Waals surface area contributed by atoms with Gasteiger partial charge in [0, 0.05) is 29.8 Å². The fraction of sp³-hybridized carbons (Fsp3) is 0.467. The van der Waals surface area contributed by atoms with Crippen LogP contribution in [0.5, 0.6) is 0 Å². The van der Waals surface area contributed by atoms with Gasteiger partial charge >= 0.3 is 0 Å². The van der Waals surface area contributed by atoms with Crippen LogP contribution in [-0.4, -0.2) is 30.9 Å². The van der Waals surface area contributed by atoms with Gasteiger partial charge in [-0.3, -0.25) is 0 Å². The van der Waals surface area contributed by atoms with Crippen molar-refractivity contribution in [1.29, 1.82) is 0 Å². The van der Waals surface area contributed by atoms with Gasteiger partial charge in [-0.15, -0.1) is 0 Å². The van der Waals surface area contributed by atoms with Crippen molar-refractivity contribution < 1.29 is 4.52 Å². The van der Waals surface area contributed by atoms with Crippen LogP contribution in [0.2, 0.25) is 0 Å². The number of aromatic nitrogens is 5. The van der Waals surface area contributed by atoms with E-state index < -0.39 is 0 Å². The summed E-state index contributed by atoms with van der Waals surface area (Å²) >= 11 is 1.62. The van der Waals surface area contributed by atoms with Gasteiger partial charge in [0.25, 0.3) is 0 Å². The molecule has 8 heteroatoms. The van der Waals surface area contributed by atoms with Gasteiger partial charge in [-0.25, -0.2) is 9.67 Å². The van der Waals surface area contributed by atoms with Crippen molar-refractivity contribution in [2.45, 2.75) is 45.3 Å². The average molecular weight is 330 g/mol. The predicted molar refractivity (Wildman–Crippen MR) is 86.0 cm³/mol. The lowest BCUT2D eigenvalue weighted by Gasteiger charge is -2.22. The molecule has 4 heterocycles. The van der Waals surface area contributed by atoms with Crippen LogP contribution in [0.3, 0.4) is 0 Å². The number of fused-ring (bicyclic) bond motifs is 1. The Hall–Kier alpha value is -2.06. The van der Waals surface area contributed by atoms with Crippen LogP contribution >= 0.6 is 11.3 Å². The highest BCUT2D eigenvalue weighted by molar-refractivity contribution is 7.08. The smallest absolute Gasteiger partial charge is 0.240 e. The maximum absolute atomic E-state index is 5.32. The van der Waals surface area contributed by atoms with E-state index in [0.717, 1.165) is 43.0 Å². The molecule has 1 atom stereocenters. The molecule has 120 valence electrons. The van der Waals surface area contributed by atoms with Gasteiger partial charge in [-0.1, -0.05) is 12.1 Å². The molecule has 23 heavy (non-hydrogen) atoms. The van der Waals surface area contributed by atoms with Crippen molar-refractivity contribution >= 4 is 11.3 Å². The summed E-state index contributed by atoms with van der Waals surface area (Å²) in [6.45, 7) is 3.50. The Labute approximate surface area is 137 Å². The highest BCUT2D eigenvalue weighted by Crippen LogP contribution is 2.19. The molecule has 0 aromatic carbocycles. The zero-order valence-electron chi connectivity index (χ0n) is 12.9. The topological polar surface area (TPSA) is 81.7 Å². The molecule has 1 aliphatic heterocycles. The van der Waals surface area contributed by atoms with Gasteiger partial charge in [-0.2, -0.15) is 21.4 Å². The zero-order chi connectivity index (χ0) is 15.6. The summed E-state index contributed by atoms with van der Waals surface area (Å²) in [4.78, 5) is 8.97. The Morgan fingerprint density at radius 3 is 3.22 bits per heavy atom. The highest BCUT2D eigenvalue weighted by Gasteiger charge is 2.21. The van der Waals surface area contributed by atoms with Crippen molar-refractivity contribution in [2.75, 3.05) is 0 Å². The van der Waals surface area contributed by atoms with E-state index in [2.05, 4.69) is 32.5 Å². The molecule has 7 nitrogen and oxygen atoms in total. The van der Waals surface area contributed by atoms with Crippen molar-refractivity contribution in [3.8, 4) is 11.4 Å². The van der Waals surface area contributed by atoms with Crippen LogP contribution in [0.25, 0.3) is 11.4 Å². The van der Waals surface area contributed by atoms with Crippen LogP contribution in [-0.2, 0) is 25.9 Å². The molecule has 0 saturated carbocycles. The summed E-state index contributed by atoms with van der Waals surface area (Å²) in [6, 6.07) is 2.34. The van der Waals surface area contributed by atoms with Crippen molar-refractivity contribution in [3.63, 3.8) is 0 Å². The molecule has 0 amide bonds. The molecular formula is C15H18N6OS. The third-order valence-electron chi connectivity index (χ3n) is 4.01. The second kappa shape index (κ2) is 6.21. The van der Waals surface area contributed by atoms with E-state index in [-0.39, 0.29) is 0 Å². The van der Waals surface area contributed by atoms with Crippen LogP contribution in [0.4, 0.5) is 0 Å². The molecule has 3 aromatic heterocycles. The average Bonchev–Trinajstić information content (AvgIpc) is 3.30. The minimum Gasteiger partial charge on any atom is -0.338 e. The van der Waals surface area contributed by atoms with E-state index in [9.17, 15) is 0 Å². The third kappa shape index (κ3) is 3.04. The first-order valence-corrected chi connectivity index (χ1v) is 8.77. The Bertz CT molecular complexity index is 778. The Morgan fingerprint density at radius 2 is 2.39 bits per heavy atom. The van der Waals surface area contributed by atoms with E-state index >= 15 is 0 Å². The molecule has 0 aliphatic carbocycles. The molecular weight excluding hydrogens is 312 g/mol. The van der Waals surface area contributed by atoms with E-state index in [1.54, 1.807) is 11.3 Å². The minimum atomic E-state index is 0.352. The van der Waals surface area contributed by atoms with Gasteiger partial charge in [0.15, 0.2) is 5.82 Å². The third-order valence-corrected chi connectivity index (χ3v) is 4.69. The number of rotatable bonds is 5. The summed E-state index contributed by atoms with van der Waals surface area (Å²) in [5.74, 6) is 3.29. The fourth-order valence-corrected chi connectivity index (χ4v) is 3.38. The van der Waals surface area contributed by atoms with E-state index in [4.69, 9.17) is 4.52 Å². The van der Waals surface area contributed by atoms with E-state index in [0.29, 0.717) is 24.3 Å². The number of hydrogen-bond donors (Lipinski definition) is 1. The number of aryl methyl sites for hydroxylation is 2. The molecule has 0 radical (unpaired) electrons. The standard InChI is InChI=1S/C15H18N6OS/c1-2-12-17-13-4-3-11(8-21(13)19-12)16-7-14-18-15(20-22-14)10-5-6-23-9-10/h5-6,9,11,16H,2-4,7-8H2,1H3. The first-order chi connectivity index (χ1) is 11.3. The maximum atomic E-state index is 5.32. The summed E-state index contributed by atoms with van der Waals surface area (Å²) in [7, 11) is 0. The Balaban J connectivity index is 1.36. The van der Waals surface area contributed by atoms with Crippen molar-refractivity contribution in [1.82, 2.24) is 30.2 Å². The maximum Gasteiger partial charge on any atom is 0.240 e. The second-order valence-corrected chi connectivity index (χ2v) is 6.40. The lowest BCUT2D eigenvalue weighted by Crippen LogP contribution is -2.37. The van der Waals surface area contributed by atoms with Crippen LogP contribution in [0.15, 0.2) is 21.3 Å². The van der Waals surface area contributed by atoms with Crippen LogP contribution in [0, 0.1) is 0 Å². The lowest BCUT2D eigenvalue weighted by atomic mass is 10.1. The van der Waals surface area contributed by atoms with Gasteiger partial charge < -0.3 is 9.84 Å². The van der Waals surface area contributed by atoms with Crippen molar-refractivity contribution in [2.24, 2.45) is 0 Å². The molecule has 0 fully saturated rings. The van der Waals surface area contributed by atoms with Crippen LogP contribution < -0.4 is 5.32 Å². The van der Waals surface area contributed by atoms with E-state index in [1.807, 2.05) is 21.5 Å². The minimum absolute atomic E-state index is 0.352. The zero-order valence-corrected chi connectivity index (χ0v) is 13.7. The summed E-state index contributed by atoms with van der Waals surface area (Å²) in [5, 5.41) is 16.1. The molecule has 0 saturated heterocycles. The normalized spacial score (nSPS) is 17.3. The molecule has 0 spiro atoms. The first-order valence-electron chi connectivity index (χ1n) is 7.83. The first kappa shape index (κ1) is 14.5. The van der Waals surface area contributed by atoms with Gasteiger partial charge in [-0.05, 0) is 17.9 Å². The Kier molecular flexibility index (Phi) is 3.92. The lowest BCUT2D eigenvalue weighted by molar-refractivity contribution is 0.320. The molecule has 1 N–H and O–H groups in total. The summed E-state index contributed by atoms with van der Waals surface area (Å²) in [6.07, 6.45) is 2.88. The van der Waals surface area contributed by atoms with Gasteiger partial charge in [0.05, 0.1) is 13.1 Å². The number of nitrogens with zero attached hydrogens (tertiary/aromatic N) is 5. The molecule has 4 rings (SSSR count). The van der Waals surface area contributed by atoms with Gasteiger partial charge in [0.2, 0.25) is 11.7 Å². The van der Waals surface area contributed by atoms with Crippen LogP contribution in [0.1, 0.15) is 30.9 Å². The van der Waals surface area contributed by atoms with E-state index in [1.165, 1.54) is 0 Å². The molecule has 1 unspecified atom stereocenters. The SMILES string of the molecule is CCc1nc2n(n1)CC(NCc1nc(-c3ccsc3)no1)CC2. The predicted octanol–water partition coefficient (Wildman–Crippen LogP) is 2.06. The summed E-state index contributed by atoms with van der Waals surface area (Å²) in [5.41, 5.74) is 1.00. The fourth-order valence-electron chi connectivity index (χ4n) is 2.74. The molecule has 0 bridgehead atoms. The monoisotopic (exact) mass is 330 g/mol. The van der Waals surface area contributed by atoms with Crippen molar-refractivity contribution in [3.05, 3.63) is 34.4 Å². The second-order valence-electron chi connectivity index (χ2n) is 5.62. The number of thiophene rings is 1. The Morgan fingerprint density at radius 1 is 1.43 bits per heavy atom. The van der Waals surface area contributed by atoms with Gasteiger partial charge in [0.1, 0.15) is 5.82 Å². The molecule has 3 aromatic rings.